The van der Waals surface area contributed by atoms with Crippen molar-refractivity contribution < 1.29 is 32.2 Å². The fourth-order valence-electron chi connectivity index (χ4n) is 5.54. The molecular weight excluding hydrogens is 568 g/mol. The lowest BCUT2D eigenvalue weighted by molar-refractivity contribution is -0.145. The van der Waals surface area contributed by atoms with Crippen molar-refractivity contribution in [2.24, 2.45) is 5.92 Å². The maximum Gasteiger partial charge on any atom is 0.328 e. The van der Waals surface area contributed by atoms with Gasteiger partial charge in [-0.05, 0) is 79.9 Å². The lowest BCUT2D eigenvalue weighted by atomic mass is 9.97. The molecule has 0 unspecified atom stereocenters. The Hall–Kier alpha value is -2.49. The van der Waals surface area contributed by atoms with E-state index in [2.05, 4.69) is 4.90 Å². The summed E-state index contributed by atoms with van der Waals surface area (Å²) in [6, 6.07) is 4.46. The zero-order chi connectivity index (χ0) is 28.6. The Balaban J connectivity index is 1.22. The third-order valence-corrected chi connectivity index (χ3v) is 8.64. The number of amides is 1. The molecule has 1 aliphatic carbocycles. The highest BCUT2D eigenvalue weighted by atomic mass is 35.5. The molecule has 5 rings (SSSR count). The first kappa shape index (κ1) is 29.0. The number of rotatable bonds is 8. The van der Waals surface area contributed by atoms with Crippen LogP contribution in [0.25, 0.3) is 0 Å². The minimum absolute atomic E-state index is 0.00107. The van der Waals surface area contributed by atoms with Gasteiger partial charge in [0.1, 0.15) is 29.6 Å². The summed E-state index contributed by atoms with van der Waals surface area (Å²) >= 11 is 12.0. The van der Waals surface area contributed by atoms with Gasteiger partial charge in [-0.3, -0.25) is 9.69 Å². The zero-order valence-electron chi connectivity index (χ0n) is 22.1. The second-order valence-electron chi connectivity index (χ2n) is 10.9. The molecule has 1 saturated carbocycles. The summed E-state index contributed by atoms with van der Waals surface area (Å²) in [5.74, 6) is -1.88. The summed E-state index contributed by atoms with van der Waals surface area (Å²) < 4.78 is 54.0. The molecule has 2 aliphatic heterocycles. The molecule has 0 N–H and O–H groups in total. The van der Waals surface area contributed by atoms with Crippen molar-refractivity contribution in [1.29, 1.82) is 0 Å². The topological polar surface area (TPSA) is 59.1 Å². The number of likely N-dealkylation sites (tertiary alicyclic amines) is 2. The van der Waals surface area contributed by atoms with Crippen molar-refractivity contribution in [3.63, 3.8) is 0 Å². The van der Waals surface area contributed by atoms with Crippen LogP contribution in [0, 0.1) is 17.6 Å². The van der Waals surface area contributed by atoms with Crippen LogP contribution in [0.15, 0.2) is 24.3 Å². The molecule has 1 amide bonds. The van der Waals surface area contributed by atoms with Crippen LogP contribution in [0.2, 0.25) is 10.0 Å². The molecular formula is C29H31Cl2F3N2O4. The molecule has 11 heteroatoms. The second kappa shape index (κ2) is 12.2. The van der Waals surface area contributed by atoms with Crippen molar-refractivity contribution in [2.75, 3.05) is 33.4 Å². The summed E-state index contributed by atoms with van der Waals surface area (Å²) in [6.07, 6.45) is 1.96. The van der Waals surface area contributed by atoms with Gasteiger partial charge in [-0.1, -0.05) is 23.2 Å². The standard InChI is InChI=1S/C29H31Cl2F3N2O4/c1-39-29(38)26-9-19(32)14-36(26)28(37)21-10-20(17-2-3-17)27(12-24(21)33)40-15-16-4-6-35(7-5-16)13-18-8-25(34)23(31)11-22(18)30/h8,10-12,16-17,19,26H,2-7,9,13-15H2,1H3/t19-,26+/m1/s1. The molecule has 2 atom stereocenters. The van der Waals surface area contributed by atoms with E-state index in [0.717, 1.165) is 49.2 Å². The van der Waals surface area contributed by atoms with E-state index in [-0.39, 0.29) is 35.4 Å². The molecule has 3 fully saturated rings. The Labute approximate surface area is 241 Å². The number of benzene rings is 2. The third-order valence-electron chi connectivity index (χ3n) is 8.00. The van der Waals surface area contributed by atoms with Crippen LogP contribution in [0.4, 0.5) is 13.2 Å². The van der Waals surface area contributed by atoms with Gasteiger partial charge >= 0.3 is 5.97 Å². The third kappa shape index (κ3) is 6.37. The van der Waals surface area contributed by atoms with Gasteiger partial charge in [0.2, 0.25) is 0 Å². The van der Waals surface area contributed by atoms with Crippen LogP contribution in [-0.4, -0.2) is 67.2 Å². The van der Waals surface area contributed by atoms with Gasteiger partial charge in [0.05, 0.1) is 30.8 Å². The molecule has 40 heavy (non-hydrogen) atoms. The van der Waals surface area contributed by atoms with Crippen molar-refractivity contribution in [1.82, 2.24) is 9.80 Å². The van der Waals surface area contributed by atoms with Crippen molar-refractivity contribution in [2.45, 2.75) is 56.8 Å². The Morgan fingerprint density at radius 3 is 2.40 bits per heavy atom. The van der Waals surface area contributed by atoms with Crippen LogP contribution in [-0.2, 0) is 16.1 Å². The number of methoxy groups -OCH3 is 1. The highest BCUT2D eigenvalue weighted by Gasteiger charge is 2.42. The van der Waals surface area contributed by atoms with Crippen LogP contribution < -0.4 is 4.74 Å². The largest absolute Gasteiger partial charge is 0.493 e. The Morgan fingerprint density at radius 2 is 1.73 bits per heavy atom. The van der Waals surface area contributed by atoms with Gasteiger partial charge in [0.15, 0.2) is 0 Å². The van der Waals surface area contributed by atoms with E-state index in [1.807, 2.05) is 0 Å². The summed E-state index contributed by atoms with van der Waals surface area (Å²) in [5, 5.41) is 0.433. The molecule has 2 aromatic rings. The van der Waals surface area contributed by atoms with Crippen molar-refractivity contribution in [3.8, 4) is 5.75 Å². The van der Waals surface area contributed by atoms with Crippen molar-refractivity contribution in [3.05, 3.63) is 62.6 Å². The number of carbonyl (C=O) groups excluding carboxylic acids is 2. The number of hydrogen-bond acceptors (Lipinski definition) is 5. The highest BCUT2D eigenvalue weighted by molar-refractivity contribution is 6.35. The Morgan fingerprint density at radius 1 is 1.00 bits per heavy atom. The molecule has 2 aromatic carbocycles. The average Bonchev–Trinajstić information content (AvgIpc) is 3.70. The summed E-state index contributed by atoms with van der Waals surface area (Å²) in [5.41, 5.74) is 1.25. The number of carbonyl (C=O) groups is 2. The number of esters is 1. The van der Waals surface area contributed by atoms with Crippen LogP contribution in [0.1, 0.15) is 59.5 Å². The first-order chi connectivity index (χ1) is 19.1. The first-order valence-electron chi connectivity index (χ1n) is 13.5. The molecule has 216 valence electrons. The molecule has 0 aromatic heterocycles. The fourth-order valence-corrected chi connectivity index (χ4v) is 5.99. The smallest absolute Gasteiger partial charge is 0.328 e. The Bertz CT molecular complexity index is 1280. The monoisotopic (exact) mass is 598 g/mol. The van der Waals surface area contributed by atoms with E-state index in [0.29, 0.717) is 29.5 Å². The molecule has 2 saturated heterocycles. The van der Waals surface area contributed by atoms with Gasteiger partial charge < -0.3 is 14.4 Å². The molecule has 0 radical (unpaired) electrons. The van der Waals surface area contributed by atoms with Crippen molar-refractivity contribution >= 4 is 35.1 Å². The second-order valence-corrected chi connectivity index (χ2v) is 11.7. The predicted octanol–water partition coefficient (Wildman–Crippen LogP) is 6.17. The Kier molecular flexibility index (Phi) is 8.83. The number of halogens is 5. The van der Waals surface area contributed by atoms with Crippen LogP contribution in [0.5, 0.6) is 5.75 Å². The van der Waals surface area contributed by atoms with E-state index in [4.69, 9.17) is 32.7 Å². The summed E-state index contributed by atoms with van der Waals surface area (Å²) in [6.45, 7) is 2.19. The molecule has 0 spiro atoms. The SMILES string of the molecule is COC(=O)[C@@H]1C[C@@H](F)CN1C(=O)c1cc(C2CC2)c(OCC2CCN(Cc3cc(F)c(Cl)cc3Cl)CC2)cc1F. The van der Waals surface area contributed by atoms with Gasteiger partial charge in [0.25, 0.3) is 5.91 Å². The first-order valence-corrected chi connectivity index (χ1v) is 14.2. The lowest BCUT2D eigenvalue weighted by Crippen LogP contribution is -2.41. The van der Waals surface area contributed by atoms with E-state index < -0.39 is 35.7 Å². The number of hydrogen-bond donors (Lipinski definition) is 0. The summed E-state index contributed by atoms with van der Waals surface area (Å²) in [7, 11) is 1.18. The van der Waals surface area contributed by atoms with Crippen LogP contribution >= 0.6 is 23.2 Å². The van der Waals surface area contributed by atoms with E-state index >= 15 is 4.39 Å². The maximum absolute atomic E-state index is 15.2. The average molecular weight is 599 g/mol. The lowest BCUT2D eigenvalue weighted by Gasteiger charge is -2.32. The fraction of sp³-hybridized carbons (Fsp3) is 0.517. The van der Waals surface area contributed by atoms with Crippen LogP contribution in [0.3, 0.4) is 0 Å². The van der Waals surface area contributed by atoms with E-state index in [1.165, 1.54) is 31.4 Å². The highest BCUT2D eigenvalue weighted by Crippen LogP contribution is 2.45. The number of nitrogens with zero attached hydrogens (tertiary/aromatic N) is 2. The number of ether oxygens (including phenoxy) is 2. The normalized spacial score (nSPS) is 22.0. The molecule has 0 bridgehead atoms. The number of alkyl halides is 1. The quantitative estimate of drug-likeness (QED) is 0.269. The minimum atomic E-state index is -1.38. The van der Waals surface area contributed by atoms with Gasteiger partial charge in [-0.15, -0.1) is 0 Å². The molecule has 6 nitrogen and oxygen atoms in total. The predicted molar refractivity (Wildman–Crippen MR) is 145 cm³/mol. The maximum atomic E-state index is 15.2. The molecule has 3 aliphatic rings. The van der Waals surface area contributed by atoms with Gasteiger partial charge in [0, 0.05) is 24.1 Å². The van der Waals surface area contributed by atoms with Gasteiger partial charge in [-0.2, -0.15) is 0 Å². The zero-order valence-corrected chi connectivity index (χ0v) is 23.6. The van der Waals surface area contributed by atoms with E-state index in [9.17, 15) is 18.4 Å². The molecule has 2 heterocycles. The van der Waals surface area contributed by atoms with E-state index in [1.54, 1.807) is 0 Å². The minimum Gasteiger partial charge on any atom is -0.493 e. The van der Waals surface area contributed by atoms with Gasteiger partial charge in [-0.25, -0.2) is 18.0 Å². The number of piperidine rings is 1. The summed E-state index contributed by atoms with van der Waals surface area (Å²) in [4.78, 5) is 28.6.